The van der Waals surface area contributed by atoms with E-state index in [1.165, 1.54) is 37.1 Å². The van der Waals surface area contributed by atoms with E-state index in [1.807, 2.05) is 0 Å². The van der Waals surface area contributed by atoms with Crippen LogP contribution in [-0.2, 0) is 4.79 Å². The van der Waals surface area contributed by atoms with Gasteiger partial charge in [-0.05, 0) is 75.4 Å². The van der Waals surface area contributed by atoms with Gasteiger partial charge in [0.15, 0.2) is 0 Å². The van der Waals surface area contributed by atoms with Gasteiger partial charge in [-0.3, -0.25) is 9.59 Å². The Morgan fingerprint density at radius 2 is 2.00 bits per heavy atom. The van der Waals surface area contributed by atoms with Crippen molar-refractivity contribution in [3.63, 3.8) is 0 Å². The van der Waals surface area contributed by atoms with Crippen molar-refractivity contribution in [2.45, 2.75) is 32.1 Å². The highest BCUT2D eigenvalue weighted by molar-refractivity contribution is 5.94. The van der Waals surface area contributed by atoms with Gasteiger partial charge in [-0.2, -0.15) is 0 Å². The van der Waals surface area contributed by atoms with E-state index in [1.54, 1.807) is 4.90 Å². The zero-order valence-corrected chi connectivity index (χ0v) is 15.2. The number of nitrogens with zero attached hydrogens (tertiary/aromatic N) is 1. The fraction of sp³-hybridized carbons (Fsp3) is 0.600. The summed E-state index contributed by atoms with van der Waals surface area (Å²) in [7, 11) is 0. The van der Waals surface area contributed by atoms with Crippen LogP contribution in [0.1, 0.15) is 42.5 Å². The molecule has 2 heterocycles. The summed E-state index contributed by atoms with van der Waals surface area (Å²) >= 11 is 0. The van der Waals surface area contributed by atoms with Gasteiger partial charge in [0.05, 0.1) is 5.92 Å². The number of hydrogen-bond donors (Lipinski definition) is 2. The molecule has 2 aliphatic rings. The number of carbonyl (C=O) groups is 2. The molecule has 0 spiro atoms. The van der Waals surface area contributed by atoms with Crippen LogP contribution >= 0.6 is 0 Å². The second-order valence-corrected chi connectivity index (χ2v) is 7.39. The molecule has 26 heavy (non-hydrogen) atoms. The number of nitrogens with one attached hydrogen (secondary N) is 2. The summed E-state index contributed by atoms with van der Waals surface area (Å²) < 4.78 is 13.0. The quantitative estimate of drug-likeness (QED) is 0.845. The molecular formula is C20H28FN3O2. The van der Waals surface area contributed by atoms with Crippen LogP contribution in [0.2, 0.25) is 0 Å². The highest BCUT2D eigenvalue weighted by Gasteiger charge is 2.29. The minimum absolute atomic E-state index is 0.0466. The average Bonchev–Trinajstić information content (AvgIpc) is 2.69. The first-order valence-electron chi connectivity index (χ1n) is 9.67. The molecule has 0 saturated carbocycles. The standard InChI is InChI=1S/C20H28FN3O2/c21-18-7-5-16(6-8-18)20(26)24-12-2-4-17(14-24)19(25)23-11-9-15-3-1-10-22-13-15/h5-8,15,17,22H,1-4,9-14H2,(H,23,25). The van der Waals surface area contributed by atoms with Crippen LogP contribution in [0.4, 0.5) is 4.39 Å². The van der Waals surface area contributed by atoms with E-state index in [4.69, 9.17) is 0 Å². The SMILES string of the molecule is O=C(NCCC1CCCNC1)C1CCCN(C(=O)c2ccc(F)cc2)C1. The van der Waals surface area contributed by atoms with Crippen molar-refractivity contribution in [1.82, 2.24) is 15.5 Å². The minimum Gasteiger partial charge on any atom is -0.356 e. The number of amides is 2. The smallest absolute Gasteiger partial charge is 0.253 e. The van der Waals surface area contributed by atoms with E-state index in [0.717, 1.165) is 32.4 Å². The van der Waals surface area contributed by atoms with Crippen molar-refractivity contribution in [3.8, 4) is 0 Å². The number of rotatable bonds is 5. The van der Waals surface area contributed by atoms with Crippen LogP contribution in [0.15, 0.2) is 24.3 Å². The molecule has 0 aliphatic carbocycles. The van der Waals surface area contributed by atoms with Crippen molar-refractivity contribution >= 4 is 11.8 Å². The van der Waals surface area contributed by atoms with Crippen LogP contribution in [0.5, 0.6) is 0 Å². The zero-order valence-electron chi connectivity index (χ0n) is 15.2. The summed E-state index contributed by atoms with van der Waals surface area (Å²) in [4.78, 5) is 26.8. The maximum atomic E-state index is 13.0. The zero-order chi connectivity index (χ0) is 18.4. The third kappa shape index (κ3) is 5.04. The lowest BCUT2D eigenvalue weighted by Crippen LogP contribution is -2.45. The van der Waals surface area contributed by atoms with E-state index < -0.39 is 0 Å². The molecule has 1 aromatic rings. The molecule has 1 aromatic carbocycles. The maximum absolute atomic E-state index is 13.0. The summed E-state index contributed by atoms with van der Waals surface area (Å²) in [6, 6.07) is 5.59. The Hall–Kier alpha value is -1.95. The van der Waals surface area contributed by atoms with Crippen molar-refractivity contribution in [3.05, 3.63) is 35.6 Å². The largest absolute Gasteiger partial charge is 0.356 e. The summed E-state index contributed by atoms with van der Waals surface area (Å²) in [5.41, 5.74) is 0.470. The van der Waals surface area contributed by atoms with Gasteiger partial charge >= 0.3 is 0 Å². The Kier molecular flexibility index (Phi) is 6.61. The van der Waals surface area contributed by atoms with Crippen molar-refractivity contribution in [2.75, 3.05) is 32.7 Å². The molecule has 3 rings (SSSR count). The van der Waals surface area contributed by atoms with Crippen LogP contribution in [0, 0.1) is 17.7 Å². The van der Waals surface area contributed by atoms with Crippen LogP contribution < -0.4 is 10.6 Å². The van der Waals surface area contributed by atoms with Gasteiger partial charge in [0.2, 0.25) is 5.91 Å². The topological polar surface area (TPSA) is 61.4 Å². The van der Waals surface area contributed by atoms with Gasteiger partial charge in [0.1, 0.15) is 5.82 Å². The number of carbonyl (C=O) groups excluding carboxylic acids is 2. The fourth-order valence-electron chi connectivity index (χ4n) is 3.86. The van der Waals surface area contributed by atoms with Gasteiger partial charge in [0, 0.05) is 25.2 Å². The highest BCUT2D eigenvalue weighted by Crippen LogP contribution is 2.19. The predicted octanol–water partition coefficient (Wildman–Crippen LogP) is 2.18. The Balaban J connectivity index is 1.46. The van der Waals surface area contributed by atoms with Gasteiger partial charge in [-0.1, -0.05) is 0 Å². The second kappa shape index (κ2) is 9.12. The second-order valence-electron chi connectivity index (χ2n) is 7.39. The lowest BCUT2D eigenvalue weighted by Gasteiger charge is -2.32. The molecule has 5 nitrogen and oxygen atoms in total. The molecule has 2 atom stereocenters. The maximum Gasteiger partial charge on any atom is 0.253 e. The Morgan fingerprint density at radius 1 is 1.19 bits per heavy atom. The lowest BCUT2D eigenvalue weighted by molar-refractivity contribution is -0.126. The first kappa shape index (κ1) is 18.8. The molecule has 142 valence electrons. The van der Waals surface area contributed by atoms with Crippen LogP contribution in [0.25, 0.3) is 0 Å². The molecule has 2 amide bonds. The first-order chi connectivity index (χ1) is 12.6. The molecule has 2 saturated heterocycles. The van der Waals surface area contributed by atoms with Gasteiger partial charge < -0.3 is 15.5 Å². The number of hydrogen-bond acceptors (Lipinski definition) is 3. The minimum atomic E-state index is -0.356. The molecule has 2 aliphatic heterocycles. The molecule has 0 bridgehead atoms. The number of piperidine rings is 2. The van der Waals surface area contributed by atoms with Gasteiger partial charge in [0.25, 0.3) is 5.91 Å². The van der Waals surface area contributed by atoms with E-state index in [9.17, 15) is 14.0 Å². The third-order valence-corrected chi connectivity index (χ3v) is 5.42. The average molecular weight is 361 g/mol. The Bertz CT molecular complexity index is 614. The highest BCUT2D eigenvalue weighted by atomic mass is 19.1. The summed E-state index contributed by atoms with van der Waals surface area (Å²) in [5.74, 6) is 0.0522. The molecule has 2 N–H and O–H groups in total. The summed E-state index contributed by atoms with van der Waals surface area (Å²) in [6.07, 6.45) is 5.07. The lowest BCUT2D eigenvalue weighted by atomic mass is 9.95. The fourth-order valence-corrected chi connectivity index (χ4v) is 3.86. The predicted molar refractivity (Wildman–Crippen MR) is 98.2 cm³/mol. The number of likely N-dealkylation sites (tertiary alicyclic amines) is 1. The van der Waals surface area contributed by atoms with E-state index in [-0.39, 0.29) is 23.5 Å². The molecule has 0 aromatic heterocycles. The van der Waals surface area contributed by atoms with Gasteiger partial charge in [-0.25, -0.2) is 4.39 Å². The molecule has 0 radical (unpaired) electrons. The first-order valence-corrected chi connectivity index (χ1v) is 9.67. The Labute approximate surface area is 154 Å². The molecule has 2 unspecified atom stereocenters. The molecule has 2 fully saturated rings. The van der Waals surface area contributed by atoms with Crippen LogP contribution in [0.3, 0.4) is 0 Å². The molecule has 6 heteroatoms. The van der Waals surface area contributed by atoms with Gasteiger partial charge in [-0.15, -0.1) is 0 Å². The van der Waals surface area contributed by atoms with E-state index >= 15 is 0 Å². The summed E-state index contributed by atoms with van der Waals surface area (Å²) in [5, 5.41) is 6.45. The molecular weight excluding hydrogens is 333 g/mol. The summed E-state index contributed by atoms with van der Waals surface area (Å²) in [6.45, 7) is 3.93. The Morgan fingerprint density at radius 3 is 2.73 bits per heavy atom. The van der Waals surface area contributed by atoms with Crippen molar-refractivity contribution in [1.29, 1.82) is 0 Å². The normalized spacial score (nSPS) is 23.5. The van der Waals surface area contributed by atoms with E-state index in [0.29, 0.717) is 31.1 Å². The van der Waals surface area contributed by atoms with Crippen LogP contribution in [-0.4, -0.2) is 49.4 Å². The van der Waals surface area contributed by atoms with Crippen molar-refractivity contribution < 1.29 is 14.0 Å². The van der Waals surface area contributed by atoms with Crippen molar-refractivity contribution in [2.24, 2.45) is 11.8 Å². The monoisotopic (exact) mass is 361 g/mol. The number of benzene rings is 1. The number of halogens is 1. The third-order valence-electron chi connectivity index (χ3n) is 5.42. The van der Waals surface area contributed by atoms with E-state index in [2.05, 4.69) is 10.6 Å².